The monoisotopic (exact) mass is 418 g/mol. The van der Waals surface area contributed by atoms with Gasteiger partial charge in [-0.15, -0.1) is 0 Å². The Morgan fingerprint density at radius 1 is 1.16 bits per heavy atom. The number of H-pyrrole nitrogens is 1. The summed E-state index contributed by atoms with van der Waals surface area (Å²) < 4.78 is 5.87. The number of aromatic amines is 1. The van der Waals surface area contributed by atoms with Gasteiger partial charge in [-0.05, 0) is 42.8 Å². The van der Waals surface area contributed by atoms with E-state index in [1.165, 1.54) is 12.1 Å². The molecule has 9 nitrogen and oxygen atoms in total. The van der Waals surface area contributed by atoms with Crippen LogP contribution in [0.2, 0.25) is 0 Å². The summed E-state index contributed by atoms with van der Waals surface area (Å²) in [5, 5.41) is 14.9. The summed E-state index contributed by atoms with van der Waals surface area (Å²) in [4.78, 5) is 24.8. The number of nitrogens with one attached hydrogen (secondary N) is 2. The van der Waals surface area contributed by atoms with Crippen molar-refractivity contribution in [2.45, 2.75) is 13.3 Å². The summed E-state index contributed by atoms with van der Waals surface area (Å²) in [6.07, 6.45) is 2.82. The maximum Gasteiger partial charge on any atom is 0.273 e. The van der Waals surface area contributed by atoms with Crippen LogP contribution in [0.5, 0.6) is 11.6 Å². The molecular formula is C22H22N6O3. The van der Waals surface area contributed by atoms with E-state index in [0.717, 1.165) is 24.3 Å². The molecule has 0 spiro atoms. The fourth-order valence-corrected chi connectivity index (χ4v) is 3.21. The number of hydrogen-bond acceptors (Lipinski definition) is 7. The number of nitrogens with zero attached hydrogens (tertiary/aromatic N) is 4. The SMILES string of the molecule is CCCN(C)c1ccc(Nc2nc(Oc3cccc([N+](=O)[O-])c3)c3cc[nH]c3n2)cc1. The zero-order valence-electron chi connectivity index (χ0n) is 17.2. The second-order valence-electron chi connectivity index (χ2n) is 7.04. The number of nitro benzene ring substituents is 1. The van der Waals surface area contributed by atoms with Crippen molar-refractivity contribution in [3.8, 4) is 11.6 Å². The first-order valence-electron chi connectivity index (χ1n) is 9.89. The van der Waals surface area contributed by atoms with Gasteiger partial charge >= 0.3 is 0 Å². The zero-order chi connectivity index (χ0) is 21.8. The summed E-state index contributed by atoms with van der Waals surface area (Å²) >= 11 is 0. The van der Waals surface area contributed by atoms with E-state index in [4.69, 9.17) is 4.74 Å². The van der Waals surface area contributed by atoms with E-state index in [0.29, 0.717) is 28.6 Å². The molecule has 158 valence electrons. The number of fused-ring (bicyclic) bond motifs is 1. The van der Waals surface area contributed by atoms with Gasteiger partial charge in [-0.2, -0.15) is 9.97 Å². The number of non-ortho nitro benzene ring substituents is 1. The van der Waals surface area contributed by atoms with E-state index in [-0.39, 0.29) is 5.69 Å². The zero-order valence-corrected chi connectivity index (χ0v) is 17.2. The van der Waals surface area contributed by atoms with Crippen LogP contribution >= 0.6 is 0 Å². The Balaban J connectivity index is 1.60. The first kappa shape index (κ1) is 20.1. The molecule has 31 heavy (non-hydrogen) atoms. The number of rotatable bonds is 8. The van der Waals surface area contributed by atoms with Gasteiger partial charge in [0.25, 0.3) is 5.69 Å². The summed E-state index contributed by atoms with van der Waals surface area (Å²) in [6.45, 7) is 3.13. The van der Waals surface area contributed by atoms with Gasteiger partial charge in [-0.3, -0.25) is 10.1 Å². The Bertz CT molecular complexity index is 1210. The third-order valence-corrected chi connectivity index (χ3v) is 4.75. The summed E-state index contributed by atoms with van der Waals surface area (Å²) in [6, 6.07) is 15.8. The molecule has 0 aliphatic carbocycles. The lowest BCUT2D eigenvalue weighted by atomic mass is 10.2. The molecule has 2 aromatic carbocycles. The van der Waals surface area contributed by atoms with E-state index in [1.807, 2.05) is 24.3 Å². The highest BCUT2D eigenvalue weighted by Gasteiger charge is 2.13. The predicted molar refractivity (Wildman–Crippen MR) is 120 cm³/mol. The van der Waals surface area contributed by atoms with Crippen molar-refractivity contribution in [1.82, 2.24) is 15.0 Å². The molecule has 2 aromatic heterocycles. The van der Waals surface area contributed by atoms with Crippen LogP contribution in [0.4, 0.5) is 23.0 Å². The number of nitro groups is 1. The molecule has 4 rings (SSSR count). The van der Waals surface area contributed by atoms with Crippen LogP contribution < -0.4 is 15.0 Å². The van der Waals surface area contributed by atoms with E-state index in [2.05, 4.69) is 39.1 Å². The van der Waals surface area contributed by atoms with Crippen molar-refractivity contribution >= 4 is 34.0 Å². The van der Waals surface area contributed by atoms with Crippen molar-refractivity contribution in [1.29, 1.82) is 0 Å². The Labute approximate surface area is 178 Å². The number of hydrogen-bond donors (Lipinski definition) is 2. The second-order valence-corrected chi connectivity index (χ2v) is 7.04. The normalized spacial score (nSPS) is 10.8. The predicted octanol–water partition coefficient (Wildman–Crippen LogP) is 5.25. The highest BCUT2D eigenvalue weighted by atomic mass is 16.6. The van der Waals surface area contributed by atoms with Gasteiger partial charge in [0.2, 0.25) is 11.8 Å². The standard InChI is InChI=1S/C22H22N6O3/c1-3-13-27(2)16-9-7-15(8-10-16)24-22-25-20-19(11-12-23-20)21(26-22)31-18-6-4-5-17(14-18)28(29)30/h4-12,14H,3,13H2,1-2H3,(H2,23,24,25,26). The lowest BCUT2D eigenvalue weighted by Gasteiger charge is -2.18. The summed E-state index contributed by atoms with van der Waals surface area (Å²) in [5.74, 6) is 0.975. The quantitative estimate of drug-likeness (QED) is 0.297. The van der Waals surface area contributed by atoms with Crippen molar-refractivity contribution in [2.24, 2.45) is 0 Å². The van der Waals surface area contributed by atoms with Gasteiger partial charge in [-0.1, -0.05) is 13.0 Å². The highest BCUT2D eigenvalue weighted by Crippen LogP contribution is 2.30. The maximum atomic E-state index is 11.0. The van der Waals surface area contributed by atoms with Crippen LogP contribution in [0, 0.1) is 10.1 Å². The van der Waals surface area contributed by atoms with Gasteiger partial charge in [0.05, 0.1) is 16.4 Å². The molecule has 0 aliphatic rings. The molecule has 0 atom stereocenters. The fraction of sp³-hybridized carbons (Fsp3) is 0.182. The lowest BCUT2D eigenvalue weighted by molar-refractivity contribution is -0.384. The molecule has 2 heterocycles. The number of ether oxygens (including phenoxy) is 1. The van der Waals surface area contributed by atoms with Gasteiger partial charge in [0, 0.05) is 37.2 Å². The van der Waals surface area contributed by atoms with E-state index in [9.17, 15) is 10.1 Å². The molecule has 0 radical (unpaired) electrons. The molecule has 9 heteroatoms. The molecule has 0 aliphatic heterocycles. The topological polar surface area (TPSA) is 109 Å². The Morgan fingerprint density at radius 2 is 1.97 bits per heavy atom. The first-order chi connectivity index (χ1) is 15.0. The van der Waals surface area contributed by atoms with Crippen LogP contribution in [-0.2, 0) is 0 Å². The molecule has 0 fully saturated rings. The molecule has 0 amide bonds. The van der Waals surface area contributed by atoms with E-state index in [1.54, 1.807) is 24.4 Å². The number of aromatic nitrogens is 3. The van der Waals surface area contributed by atoms with Crippen molar-refractivity contribution < 1.29 is 9.66 Å². The molecule has 0 bridgehead atoms. The third kappa shape index (κ3) is 4.55. The third-order valence-electron chi connectivity index (χ3n) is 4.75. The largest absolute Gasteiger partial charge is 0.438 e. The van der Waals surface area contributed by atoms with Gasteiger partial charge in [0.1, 0.15) is 11.4 Å². The smallest absolute Gasteiger partial charge is 0.273 e. The van der Waals surface area contributed by atoms with Gasteiger partial charge in [-0.25, -0.2) is 0 Å². The van der Waals surface area contributed by atoms with Gasteiger partial charge < -0.3 is 19.9 Å². The molecule has 0 saturated carbocycles. The number of anilines is 3. The first-order valence-corrected chi connectivity index (χ1v) is 9.89. The second kappa shape index (κ2) is 8.70. The van der Waals surface area contributed by atoms with E-state index < -0.39 is 4.92 Å². The Hall–Kier alpha value is -4.14. The summed E-state index contributed by atoms with van der Waals surface area (Å²) in [5.41, 5.74) is 2.50. The Morgan fingerprint density at radius 3 is 2.71 bits per heavy atom. The molecule has 0 unspecified atom stereocenters. The van der Waals surface area contributed by atoms with Gasteiger partial charge in [0.15, 0.2) is 0 Å². The van der Waals surface area contributed by atoms with Crippen molar-refractivity contribution in [3.63, 3.8) is 0 Å². The highest BCUT2D eigenvalue weighted by molar-refractivity contribution is 5.82. The Kier molecular flexibility index (Phi) is 5.65. The molecular weight excluding hydrogens is 396 g/mol. The van der Waals surface area contributed by atoms with Crippen LogP contribution in [0.15, 0.2) is 60.8 Å². The fourth-order valence-electron chi connectivity index (χ4n) is 3.21. The average molecular weight is 418 g/mol. The van der Waals surface area contributed by atoms with E-state index >= 15 is 0 Å². The maximum absolute atomic E-state index is 11.0. The van der Waals surface area contributed by atoms with Crippen LogP contribution in [0.25, 0.3) is 11.0 Å². The van der Waals surface area contributed by atoms with Crippen LogP contribution in [-0.4, -0.2) is 33.5 Å². The van der Waals surface area contributed by atoms with Crippen LogP contribution in [0.3, 0.4) is 0 Å². The lowest BCUT2D eigenvalue weighted by Crippen LogP contribution is -2.17. The average Bonchev–Trinajstić information content (AvgIpc) is 3.23. The minimum absolute atomic E-state index is 0.0525. The number of benzene rings is 2. The molecule has 4 aromatic rings. The molecule has 0 saturated heterocycles. The minimum Gasteiger partial charge on any atom is -0.438 e. The van der Waals surface area contributed by atoms with Crippen molar-refractivity contribution in [2.75, 3.05) is 23.8 Å². The molecule has 2 N–H and O–H groups in total. The summed E-state index contributed by atoms with van der Waals surface area (Å²) in [7, 11) is 2.06. The van der Waals surface area contributed by atoms with Crippen LogP contribution in [0.1, 0.15) is 13.3 Å². The van der Waals surface area contributed by atoms with Crippen molar-refractivity contribution in [3.05, 3.63) is 70.9 Å². The minimum atomic E-state index is -0.465.